The number of hydrogen-bond donors (Lipinski definition) is 2. The molecule has 0 aromatic carbocycles. The summed E-state index contributed by atoms with van der Waals surface area (Å²) >= 11 is 0. The lowest BCUT2D eigenvalue weighted by molar-refractivity contribution is -0.146. The summed E-state index contributed by atoms with van der Waals surface area (Å²) in [6.07, 6.45) is 3.22. The van der Waals surface area contributed by atoms with Crippen LogP contribution in [-0.2, 0) is 26.2 Å². The Morgan fingerprint density at radius 2 is 2.19 bits per heavy atom. The molecule has 1 fully saturated rings. The fourth-order valence-electron chi connectivity index (χ4n) is 2.36. The Balaban J connectivity index is 2.00. The van der Waals surface area contributed by atoms with Crippen molar-refractivity contribution >= 4 is 22.0 Å². The van der Waals surface area contributed by atoms with Gasteiger partial charge in [-0.25, -0.2) is 0 Å². The number of aromatic amines is 1. The molecular formula is C12H20N4O4S. The highest BCUT2D eigenvalue weighted by Crippen LogP contribution is 2.22. The summed E-state index contributed by atoms with van der Waals surface area (Å²) in [6, 6.07) is 0. The van der Waals surface area contributed by atoms with Crippen molar-refractivity contribution in [3.05, 3.63) is 11.8 Å². The number of nitrogens with zero attached hydrogens (tertiary/aromatic N) is 2. The largest absolute Gasteiger partial charge is 0.469 e. The first-order valence-electron chi connectivity index (χ1n) is 6.86. The quantitative estimate of drug-likeness (QED) is 0.770. The third kappa shape index (κ3) is 3.53. The number of ether oxygens (including phenoxy) is 1. The van der Waals surface area contributed by atoms with E-state index in [0.717, 1.165) is 5.56 Å². The highest BCUT2D eigenvalue weighted by atomic mass is 32.2. The minimum absolute atomic E-state index is 0.222. The molecule has 2 rings (SSSR count). The van der Waals surface area contributed by atoms with E-state index in [-0.39, 0.29) is 11.9 Å². The molecule has 0 aliphatic carbocycles. The van der Waals surface area contributed by atoms with Crippen LogP contribution in [0.5, 0.6) is 0 Å². The van der Waals surface area contributed by atoms with Crippen LogP contribution >= 0.6 is 0 Å². The molecule has 1 aliphatic rings. The molecule has 1 aromatic rings. The van der Waals surface area contributed by atoms with Gasteiger partial charge >= 0.3 is 16.2 Å². The maximum Gasteiger partial charge on any atom is 0.308 e. The summed E-state index contributed by atoms with van der Waals surface area (Å²) in [5, 5.41) is 6.48. The molecule has 8 nitrogen and oxygen atoms in total. The van der Waals surface area contributed by atoms with Crippen molar-refractivity contribution in [2.45, 2.75) is 26.2 Å². The van der Waals surface area contributed by atoms with Gasteiger partial charge in [-0.1, -0.05) is 6.92 Å². The van der Waals surface area contributed by atoms with Gasteiger partial charge in [0.2, 0.25) is 0 Å². The van der Waals surface area contributed by atoms with E-state index in [0.29, 0.717) is 38.2 Å². The van der Waals surface area contributed by atoms with Crippen molar-refractivity contribution in [1.82, 2.24) is 14.5 Å². The number of nitrogens with one attached hydrogen (secondary N) is 2. The van der Waals surface area contributed by atoms with Gasteiger partial charge in [0.15, 0.2) is 0 Å². The molecule has 0 bridgehead atoms. The number of esters is 1. The number of carbonyl (C=O) groups is 1. The van der Waals surface area contributed by atoms with Crippen molar-refractivity contribution < 1.29 is 17.9 Å². The number of aryl methyl sites for hydroxylation is 1. The van der Waals surface area contributed by atoms with Crippen molar-refractivity contribution in [3.8, 4) is 0 Å². The number of methoxy groups -OCH3 is 1. The van der Waals surface area contributed by atoms with Crippen molar-refractivity contribution in [1.29, 1.82) is 0 Å². The molecule has 9 heteroatoms. The number of aromatic nitrogens is 2. The van der Waals surface area contributed by atoms with E-state index in [4.69, 9.17) is 4.74 Å². The van der Waals surface area contributed by atoms with Gasteiger partial charge in [0.25, 0.3) is 0 Å². The Morgan fingerprint density at radius 3 is 2.76 bits per heavy atom. The van der Waals surface area contributed by atoms with Gasteiger partial charge in [0.05, 0.1) is 19.2 Å². The van der Waals surface area contributed by atoms with E-state index in [2.05, 4.69) is 14.9 Å². The van der Waals surface area contributed by atoms with Gasteiger partial charge < -0.3 is 4.74 Å². The van der Waals surface area contributed by atoms with E-state index < -0.39 is 10.2 Å². The average Bonchev–Trinajstić information content (AvgIpc) is 2.93. The van der Waals surface area contributed by atoms with Crippen LogP contribution in [0.4, 0.5) is 5.82 Å². The number of piperidine rings is 1. The second-order valence-electron chi connectivity index (χ2n) is 4.93. The lowest BCUT2D eigenvalue weighted by atomic mass is 9.99. The molecule has 0 unspecified atom stereocenters. The highest BCUT2D eigenvalue weighted by molar-refractivity contribution is 7.90. The van der Waals surface area contributed by atoms with Crippen LogP contribution in [0.3, 0.4) is 0 Å². The normalized spacial score (nSPS) is 17.6. The second-order valence-corrected chi connectivity index (χ2v) is 6.60. The zero-order valence-electron chi connectivity index (χ0n) is 12.1. The van der Waals surface area contributed by atoms with Crippen LogP contribution in [0.1, 0.15) is 25.3 Å². The zero-order chi connectivity index (χ0) is 15.5. The third-order valence-electron chi connectivity index (χ3n) is 3.66. The fourth-order valence-corrected chi connectivity index (χ4v) is 3.61. The molecule has 1 aliphatic heterocycles. The maximum absolute atomic E-state index is 12.3. The Morgan fingerprint density at radius 1 is 1.52 bits per heavy atom. The van der Waals surface area contributed by atoms with Crippen LogP contribution in [0.15, 0.2) is 6.20 Å². The Kier molecular flexibility index (Phi) is 4.84. The summed E-state index contributed by atoms with van der Waals surface area (Å²) in [7, 11) is -2.29. The summed E-state index contributed by atoms with van der Waals surface area (Å²) in [6.45, 7) is 2.51. The first-order chi connectivity index (χ1) is 9.97. The Bertz CT molecular complexity index is 590. The smallest absolute Gasteiger partial charge is 0.308 e. The predicted molar refractivity (Wildman–Crippen MR) is 76.8 cm³/mol. The van der Waals surface area contributed by atoms with E-state index in [1.165, 1.54) is 11.4 Å². The van der Waals surface area contributed by atoms with Crippen LogP contribution < -0.4 is 4.72 Å². The topological polar surface area (TPSA) is 104 Å². The van der Waals surface area contributed by atoms with Gasteiger partial charge in [-0.2, -0.15) is 17.8 Å². The number of H-pyrrole nitrogens is 1. The number of anilines is 1. The first-order valence-corrected chi connectivity index (χ1v) is 8.30. The molecule has 21 heavy (non-hydrogen) atoms. The number of carbonyl (C=O) groups excluding carboxylic acids is 1. The molecule has 0 saturated carbocycles. The average molecular weight is 316 g/mol. The predicted octanol–water partition coefficient (Wildman–Crippen LogP) is 0.514. The fraction of sp³-hybridized carbons (Fsp3) is 0.667. The van der Waals surface area contributed by atoms with Crippen LogP contribution in [0, 0.1) is 5.92 Å². The lowest BCUT2D eigenvalue weighted by Gasteiger charge is -2.29. The zero-order valence-corrected chi connectivity index (χ0v) is 12.9. The molecule has 0 amide bonds. The molecule has 2 N–H and O–H groups in total. The summed E-state index contributed by atoms with van der Waals surface area (Å²) in [4.78, 5) is 11.4. The maximum atomic E-state index is 12.3. The number of hydrogen-bond acceptors (Lipinski definition) is 5. The summed E-state index contributed by atoms with van der Waals surface area (Å²) < 4.78 is 33.2. The molecule has 118 valence electrons. The minimum atomic E-state index is -3.63. The second kappa shape index (κ2) is 6.44. The van der Waals surface area contributed by atoms with Gasteiger partial charge in [0, 0.05) is 18.7 Å². The molecule has 0 atom stereocenters. The monoisotopic (exact) mass is 316 g/mol. The molecule has 1 aromatic heterocycles. The summed E-state index contributed by atoms with van der Waals surface area (Å²) in [5.41, 5.74) is 0.808. The van der Waals surface area contributed by atoms with E-state index in [9.17, 15) is 13.2 Å². The first kappa shape index (κ1) is 15.8. The van der Waals surface area contributed by atoms with E-state index in [1.54, 1.807) is 6.20 Å². The standard InChI is InChI=1S/C12H20N4O4S/c1-3-9-8-13-14-11(9)15-21(18,19)16-6-4-10(5-7-16)12(17)20-2/h8,10H,3-7H2,1-2H3,(H2,13,14,15). The SMILES string of the molecule is CCc1cn[nH]c1NS(=O)(=O)N1CCC(C(=O)OC)CC1. The van der Waals surface area contributed by atoms with Crippen LogP contribution in [-0.4, -0.2) is 49.1 Å². The van der Waals surface area contributed by atoms with Gasteiger partial charge in [-0.15, -0.1) is 0 Å². The van der Waals surface area contributed by atoms with Crippen LogP contribution in [0.25, 0.3) is 0 Å². The van der Waals surface area contributed by atoms with Gasteiger partial charge in [0.1, 0.15) is 5.82 Å². The molecule has 2 heterocycles. The summed E-state index contributed by atoms with van der Waals surface area (Å²) in [5.74, 6) is -0.103. The Hall–Kier alpha value is -1.61. The van der Waals surface area contributed by atoms with Crippen molar-refractivity contribution in [2.24, 2.45) is 5.92 Å². The molecular weight excluding hydrogens is 296 g/mol. The van der Waals surface area contributed by atoms with Crippen LogP contribution in [0.2, 0.25) is 0 Å². The lowest BCUT2D eigenvalue weighted by Crippen LogP contribution is -2.43. The van der Waals surface area contributed by atoms with Gasteiger partial charge in [-0.05, 0) is 19.3 Å². The van der Waals surface area contributed by atoms with Crippen molar-refractivity contribution in [3.63, 3.8) is 0 Å². The molecule has 1 saturated heterocycles. The van der Waals surface area contributed by atoms with E-state index >= 15 is 0 Å². The third-order valence-corrected chi connectivity index (χ3v) is 5.17. The van der Waals surface area contributed by atoms with E-state index in [1.807, 2.05) is 6.92 Å². The minimum Gasteiger partial charge on any atom is -0.469 e. The highest BCUT2D eigenvalue weighted by Gasteiger charge is 2.32. The van der Waals surface area contributed by atoms with Gasteiger partial charge in [-0.3, -0.25) is 14.6 Å². The Labute approximate surface area is 124 Å². The number of rotatable bonds is 5. The van der Waals surface area contributed by atoms with Crippen molar-refractivity contribution in [2.75, 3.05) is 24.9 Å². The molecule has 0 spiro atoms. The molecule has 0 radical (unpaired) electrons.